The zero-order valence-corrected chi connectivity index (χ0v) is 23.7. The minimum Gasteiger partial charge on any atom is -1.00 e. The fraction of sp³-hybridized carbons (Fsp3) is 0.174. The van der Waals surface area contributed by atoms with Crippen molar-refractivity contribution in [3.8, 4) is 11.4 Å². The van der Waals surface area contributed by atoms with Gasteiger partial charge in [0.15, 0.2) is 11.0 Å². The maximum Gasteiger partial charge on any atom is 0.264 e. The predicted molar refractivity (Wildman–Crippen MR) is 142 cm³/mol. The molecule has 14 heteroatoms. The normalized spacial score (nSPS) is 11.0. The molecule has 2 aromatic heterocycles. The Kier molecular flexibility index (Phi) is 9.65. The van der Waals surface area contributed by atoms with Gasteiger partial charge in [-0.15, -0.1) is 10.2 Å². The minimum atomic E-state index is -3.87. The number of nitrogens with zero attached hydrogens (tertiary/aromatic N) is 5. The lowest BCUT2D eigenvalue weighted by Gasteiger charge is -2.10. The van der Waals surface area contributed by atoms with Crippen LogP contribution >= 0.6 is 27.7 Å². The molecule has 37 heavy (non-hydrogen) atoms. The Morgan fingerprint density at radius 3 is 2.49 bits per heavy atom. The molecule has 4 aromatic rings. The second kappa shape index (κ2) is 12.5. The van der Waals surface area contributed by atoms with E-state index in [1.165, 1.54) is 42.2 Å². The van der Waals surface area contributed by atoms with E-state index in [1.807, 2.05) is 35.8 Å². The summed E-state index contributed by atoms with van der Waals surface area (Å²) in [5.74, 6) is 0.567. The molecule has 0 bridgehead atoms. The summed E-state index contributed by atoms with van der Waals surface area (Å²) in [6, 6.07) is 15.3. The first-order chi connectivity index (χ1) is 17.3. The highest BCUT2D eigenvalue weighted by Crippen LogP contribution is 2.29. The highest BCUT2D eigenvalue weighted by Gasteiger charge is 2.18. The summed E-state index contributed by atoms with van der Waals surface area (Å²) in [6.45, 7) is 4.37. The quantitative estimate of drug-likeness (QED) is 0.267. The maximum atomic E-state index is 12.6. The van der Waals surface area contributed by atoms with Crippen molar-refractivity contribution in [3.63, 3.8) is 0 Å². The van der Waals surface area contributed by atoms with Gasteiger partial charge in [-0.3, -0.25) is 4.79 Å². The third-order valence-electron chi connectivity index (χ3n) is 4.95. The highest BCUT2D eigenvalue weighted by molar-refractivity contribution is 9.10. The maximum absolute atomic E-state index is 12.6. The van der Waals surface area contributed by atoms with Gasteiger partial charge in [0.2, 0.25) is 11.9 Å². The average molecular weight is 624 g/mol. The van der Waals surface area contributed by atoms with Crippen LogP contribution in [-0.2, 0) is 21.4 Å². The Bertz CT molecular complexity index is 1500. The standard InChI is InChI=1S/C23H22BrN7O3S2.ClH/c1-3-31-21(18-6-4-5-7-19(18)24)28-29-23(31)35-14-20(32)27-16-8-10-17(11-9-16)36(33,34)30-22-25-13-12-15(2)26-22;/h4-13H,3,14H2,1-2H3,(H,27,32)(H,25,26,30);1H/p-1. The van der Waals surface area contributed by atoms with E-state index in [2.05, 4.69) is 46.1 Å². The summed E-state index contributed by atoms with van der Waals surface area (Å²) in [7, 11) is -3.87. The van der Waals surface area contributed by atoms with Gasteiger partial charge in [0, 0.05) is 34.2 Å². The molecule has 0 atom stereocenters. The molecule has 2 aromatic carbocycles. The summed E-state index contributed by atoms with van der Waals surface area (Å²) in [5, 5.41) is 12.0. The zero-order chi connectivity index (χ0) is 25.7. The van der Waals surface area contributed by atoms with Crippen LogP contribution in [-0.4, -0.2) is 44.8 Å². The number of hydrogen-bond acceptors (Lipinski definition) is 8. The number of halogens is 2. The smallest absolute Gasteiger partial charge is 0.264 e. The van der Waals surface area contributed by atoms with E-state index in [0.717, 1.165) is 10.0 Å². The van der Waals surface area contributed by atoms with Gasteiger partial charge in [-0.2, -0.15) is 0 Å². The predicted octanol–water partition coefficient (Wildman–Crippen LogP) is 1.36. The van der Waals surface area contributed by atoms with Gasteiger partial charge in [-0.25, -0.2) is 23.1 Å². The van der Waals surface area contributed by atoms with E-state index in [9.17, 15) is 13.2 Å². The first kappa shape index (κ1) is 28.6. The molecule has 0 aliphatic carbocycles. The van der Waals surface area contributed by atoms with Gasteiger partial charge < -0.3 is 22.3 Å². The Labute approximate surface area is 233 Å². The number of carbonyl (C=O) groups is 1. The molecular formula is C23H22BrClN7O3S2-. The molecule has 0 unspecified atom stereocenters. The number of nitrogens with one attached hydrogen (secondary N) is 2. The first-order valence-corrected chi connectivity index (χ1v) is 14.1. The van der Waals surface area contributed by atoms with E-state index in [-0.39, 0.29) is 34.9 Å². The van der Waals surface area contributed by atoms with Crippen molar-refractivity contribution in [3.05, 3.63) is 71.0 Å². The van der Waals surface area contributed by atoms with Crippen molar-refractivity contribution in [1.82, 2.24) is 24.7 Å². The Balaban J connectivity index is 0.00000380. The molecular weight excluding hydrogens is 602 g/mol. The van der Waals surface area contributed by atoms with Crippen LogP contribution in [0.25, 0.3) is 11.4 Å². The van der Waals surface area contributed by atoms with Crippen LogP contribution in [0.15, 0.2) is 75.3 Å². The molecule has 0 radical (unpaired) electrons. The molecule has 4 rings (SSSR count). The van der Waals surface area contributed by atoms with Gasteiger partial charge in [-0.05, 0) is 50.2 Å². The number of rotatable bonds is 9. The molecule has 194 valence electrons. The lowest BCUT2D eigenvalue weighted by atomic mass is 10.2. The van der Waals surface area contributed by atoms with Crippen LogP contribution in [0.4, 0.5) is 11.6 Å². The second-order valence-electron chi connectivity index (χ2n) is 7.52. The topological polar surface area (TPSA) is 132 Å². The summed E-state index contributed by atoms with van der Waals surface area (Å²) < 4.78 is 30.4. The molecule has 0 saturated heterocycles. The zero-order valence-electron chi connectivity index (χ0n) is 19.7. The lowest BCUT2D eigenvalue weighted by molar-refractivity contribution is -0.113. The minimum absolute atomic E-state index is 0. The first-order valence-electron chi connectivity index (χ1n) is 10.8. The van der Waals surface area contributed by atoms with Gasteiger partial charge in [0.25, 0.3) is 10.0 Å². The van der Waals surface area contributed by atoms with E-state index >= 15 is 0 Å². The van der Waals surface area contributed by atoms with E-state index < -0.39 is 10.0 Å². The molecule has 0 fully saturated rings. The van der Waals surface area contributed by atoms with Gasteiger partial charge >= 0.3 is 0 Å². The monoisotopic (exact) mass is 622 g/mol. The summed E-state index contributed by atoms with van der Waals surface area (Å²) in [6.07, 6.45) is 1.47. The van der Waals surface area contributed by atoms with Crippen molar-refractivity contribution in [2.24, 2.45) is 0 Å². The second-order valence-corrected chi connectivity index (χ2v) is 11.0. The number of benzene rings is 2. The van der Waals surface area contributed by atoms with Crippen molar-refractivity contribution >= 4 is 55.3 Å². The van der Waals surface area contributed by atoms with Crippen LogP contribution in [0.1, 0.15) is 12.6 Å². The van der Waals surface area contributed by atoms with Crippen molar-refractivity contribution in [1.29, 1.82) is 0 Å². The van der Waals surface area contributed by atoms with Gasteiger partial charge in [-0.1, -0.05) is 45.9 Å². The number of amides is 1. The summed E-state index contributed by atoms with van der Waals surface area (Å²) in [4.78, 5) is 20.5. The number of anilines is 2. The number of aromatic nitrogens is 5. The van der Waals surface area contributed by atoms with Crippen molar-refractivity contribution in [2.75, 3.05) is 15.8 Å². The van der Waals surface area contributed by atoms with Crippen molar-refractivity contribution < 1.29 is 25.6 Å². The summed E-state index contributed by atoms with van der Waals surface area (Å²) in [5.41, 5.74) is 2.03. The van der Waals surface area contributed by atoms with E-state index in [4.69, 9.17) is 0 Å². The van der Waals surface area contributed by atoms with Crippen LogP contribution in [0, 0.1) is 6.92 Å². The van der Waals surface area contributed by atoms with Crippen molar-refractivity contribution in [2.45, 2.75) is 30.4 Å². The third-order valence-corrected chi connectivity index (χ3v) is 7.95. The lowest BCUT2D eigenvalue weighted by Crippen LogP contribution is -3.00. The molecule has 1 amide bonds. The van der Waals surface area contributed by atoms with E-state index in [1.54, 1.807) is 13.0 Å². The van der Waals surface area contributed by atoms with Crippen LogP contribution in [0.5, 0.6) is 0 Å². The molecule has 0 aliphatic heterocycles. The van der Waals surface area contributed by atoms with Crippen LogP contribution in [0.3, 0.4) is 0 Å². The number of aryl methyl sites for hydroxylation is 1. The third kappa shape index (κ3) is 7.06. The van der Waals surface area contributed by atoms with Crippen LogP contribution < -0.4 is 22.4 Å². The molecule has 0 saturated carbocycles. The highest BCUT2D eigenvalue weighted by atomic mass is 79.9. The molecule has 2 N–H and O–H groups in total. The summed E-state index contributed by atoms with van der Waals surface area (Å²) >= 11 is 4.81. The fourth-order valence-electron chi connectivity index (χ4n) is 3.24. The SMILES string of the molecule is CCn1c(SCC(=O)Nc2ccc(S(=O)(=O)Nc3nccc(C)n3)cc2)nnc1-c1ccccc1Br.[Cl-]. The number of sulfonamides is 1. The van der Waals surface area contributed by atoms with Gasteiger partial charge in [0.05, 0.1) is 10.6 Å². The average Bonchev–Trinajstić information content (AvgIpc) is 3.26. The van der Waals surface area contributed by atoms with Crippen LogP contribution in [0.2, 0.25) is 0 Å². The van der Waals surface area contributed by atoms with Gasteiger partial charge in [0.1, 0.15) is 0 Å². The number of carbonyl (C=O) groups excluding carboxylic acids is 1. The molecule has 0 aliphatic rings. The molecule has 2 heterocycles. The Hall–Kier alpha value is -3.00. The van der Waals surface area contributed by atoms with E-state index in [0.29, 0.717) is 28.9 Å². The fourth-order valence-corrected chi connectivity index (χ4v) is 5.46. The number of hydrogen-bond donors (Lipinski definition) is 2. The molecule has 10 nitrogen and oxygen atoms in total. The largest absolute Gasteiger partial charge is 1.00 e. The molecule has 0 spiro atoms. The number of thioether (sulfide) groups is 1. The Morgan fingerprint density at radius 1 is 1.08 bits per heavy atom. The Morgan fingerprint density at radius 2 is 1.81 bits per heavy atom.